The van der Waals surface area contributed by atoms with Crippen LogP contribution in [0.3, 0.4) is 0 Å². The molecule has 21 heavy (non-hydrogen) atoms. The topological polar surface area (TPSA) is 61.8 Å². The van der Waals surface area contributed by atoms with Crippen molar-refractivity contribution in [3.05, 3.63) is 29.8 Å². The maximum Gasteiger partial charge on any atom is 0.324 e. The molecule has 0 amide bonds. The lowest BCUT2D eigenvalue weighted by Gasteiger charge is -2.32. The van der Waals surface area contributed by atoms with Crippen LogP contribution >= 0.6 is 0 Å². The van der Waals surface area contributed by atoms with Crippen LogP contribution in [0.25, 0.3) is 0 Å². The van der Waals surface area contributed by atoms with Gasteiger partial charge in [0.15, 0.2) is 0 Å². The van der Waals surface area contributed by atoms with Gasteiger partial charge in [-0.15, -0.1) is 0 Å². The Morgan fingerprint density at radius 2 is 2.24 bits per heavy atom. The first-order valence-electron chi connectivity index (χ1n) is 7.51. The van der Waals surface area contributed by atoms with E-state index in [1.165, 1.54) is 0 Å². The third-order valence-electron chi connectivity index (χ3n) is 4.14. The first kappa shape index (κ1) is 14.4. The molecule has 1 unspecified atom stereocenters. The van der Waals surface area contributed by atoms with Gasteiger partial charge in [0.2, 0.25) is 0 Å². The summed E-state index contributed by atoms with van der Waals surface area (Å²) < 4.78 is 5.74. The lowest BCUT2D eigenvalue weighted by molar-refractivity contribution is -0.145. The van der Waals surface area contributed by atoms with Gasteiger partial charge >= 0.3 is 5.97 Å². The summed E-state index contributed by atoms with van der Waals surface area (Å²) in [4.78, 5) is 13.8. The molecule has 3 rings (SSSR count). The van der Waals surface area contributed by atoms with Crippen molar-refractivity contribution in [3.8, 4) is 5.75 Å². The van der Waals surface area contributed by atoms with E-state index in [2.05, 4.69) is 10.2 Å². The van der Waals surface area contributed by atoms with Gasteiger partial charge in [-0.3, -0.25) is 15.0 Å². The largest absolute Gasteiger partial charge is 0.492 e. The Bertz CT molecular complexity index is 530. The molecule has 5 nitrogen and oxygen atoms in total. The summed E-state index contributed by atoms with van der Waals surface area (Å²) in [7, 11) is 0. The molecule has 2 N–H and O–H groups in total. The molecule has 5 heteroatoms. The maximum absolute atomic E-state index is 11.7. The molecule has 1 saturated carbocycles. The van der Waals surface area contributed by atoms with E-state index in [1.54, 1.807) is 6.92 Å². The number of hydrogen-bond acceptors (Lipinski definition) is 4. The highest BCUT2D eigenvalue weighted by molar-refractivity contribution is 5.78. The second-order valence-corrected chi connectivity index (χ2v) is 6.22. The second-order valence-electron chi connectivity index (χ2n) is 6.22. The van der Waals surface area contributed by atoms with Crippen LogP contribution in [-0.2, 0) is 11.3 Å². The average molecular weight is 290 g/mol. The van der Waals surface area contributed by atoms with Crippen LogP contribution in [0.4, 0.5) is 0 Å². The van der Waals surface area contributed by atoms with Crippen LogP contribution in [0.5, 0.6) is 5.75 Å². The monoisotopic (exact) mass is 290 g/mol. The van der Waals surface area contributed by atoms with Gasteiger partial charge in [-0.1, -0.05) is 18.2 Å². The normalized spacial score (nSPS) is 21.8. The Morgan fingerprint density at radius 3 is 2.95 bits per heavy atom. The lowest BCUT2D eigenvalue weighted by Crippen LogP contribution is -2.57. The third kappa shape index (κ3) is 3.36. The van der Waals surface area contributed by atoms with Crippen molar-refractivity contribution in [2.75, 3.05) is 19.7 Å². The summed E-state index contributed by atoms with van der Waals surface area (Å²) in [5, 5.41) is 12.9. The summed E-state index contributed by atoms with van der Waals surface area (Å²) in [6.07, 6.45) is 2.16. The highest BCUT2D eigenvalue weighted by Gasteiger charge is 2.40. The predicted molar refractivity (Wildman–Crippen MR) is 79.4 cm³/mol. The molecule has 1 atom stereocenters. The van der Waals surface area contributed by atoms with E-state index < -0.39 is 11.5 Å². The van der Waals surface area contributed by atoms with Gasteiger partial charge in [0.25, 0.3) is 0 Å². The van der Waals surface area contributed by atoms with E-state index in [0.29, 0.717) is 19.2 Å². The van der Waals surface area contributed by atoms with Gasteiger partial charge in [0.1, 0.15) is 17.9 Å². The van der Waals surface area contributed by atoms with Crippen LogP contribution in [0.1, 0.15) is 25.3 Å². The number of nitrogens with one attached hydrogen (secondary N) is 1. The number of aliphatic carboxylic acids is 1. The number of rotatable bonds is 5. The number of carboxylic acids is 1. The van der Waals surface area contributed by atoms with E-state index in [1.807, 2.05) is 24.3 Å². The van der Waals surface area contributed by atoms with Gasteiger partial charge in [-0.05, 0) is 25.8 Å². The van der Waals surface area contributed by atoms with Crippen LogP contribution in [0, 0.1) is 0 Å². The first-order valence-corrected chi connectivity index (χ1v) is 7.51. The molecule has 1 aromatic carbocycles. The van der Waals surface area contributed by atoms with Gasteiger partial charge in [0.05, 0.1) is 0 Å². The van der Waals surface area contributed by atoms with E-state index in [-0.39, 0.29) is 0 Å². The minimum Gasteiger partial charge on any atom is -0.492 e. The molecule has 0 saturated heterocycles. The predicted octanol–water partition coefficient (Wildman–Crippen LogP) is 1.48. The number of nitrogens with zero attached hydrogens (tertiary/aromatic N) is 1. The quantitative estimate of drug-likeness (QED) is 0.860. The molecule has 1 fully saturated rings. The van der Waals surface area contributed by atoms with E-state index in [4.69, 9.17) is 4.74 Å². The van der Waals surface area contributed by atoms with Crippen molar-refractivity contribution in [3.63, 3.8) is 0 Å². The fraction of sp³-hybridized carbons (Fsp3) is 0.562. The van der Waals surface area contributed by atoms with E-state index in [0.717, 1.165) is 37.2 Å². The fourth-order valence-electron chi connectivity index (χ4n) is 2.82. The molecule has 114 valence electrons. The van der Waals surface area contributed by atoms with Crippen molar-refractivity contribution in [2.45, 2.75) is 37.9 Å². The maximum atomic E-state index is 11.7. The Hall–Kier alpha value is -1.59. The fourth-order valence-corrected chi connectivity index (χ4v) is 2.82. The zero-order valence-corrected chi connectivity index (χ0v) is 12.3. The van der Waals surface area contributed by atoms with Crippen LogP contribution in [-0.4, -0.2) is 47.3 Å². The molecule has 0 radical (unpaired) electrons. The van der Waals surface area contributed by atoms with Gasteiger partial charge in [-0.2, -0.15) is 0 Å². The summed E-state index contributed by atoms with van der Waals surface area (Å²) in [5.74, 6) is 0.125. The average Bonchev–Trinajstić information content (AvgIpc) is 3.25. The van der Waals surface area contributed by atoms with Crippen molar-refractivity contribution in [1.82, 2.24) is 10.2 Å². The number of carbonyl (C=O) groups is 1. The van der Waals surface area contributed by atoms with Crippen molar-refractivity contribution in [2.24, 2.45) is 0 Å². The zero-order chi connectivity index (χ0) is 14.9. The second kappa shape index (κ2) is 5.66. The van der Waals surface area contributed by atoms with Crippen LogP contribution < -0.4 is 10.1 Å². The van der Waals surface area contributed by atoms with E-state index in [9.17, 15) is 9.90 Å². The standard InChI is InChI=1S/C16H22N2O3/c1-16(15(19)20,17-13-6-7-13)11-18-8-9-21-14-5-3-2-4-12(14)10-18/h2-5,13,17H,6-11H2,1H3,(H,19,20). The zero-order valence-electron chi connectivity index (χ0n) is 12.3. The number of carboxylic acid groups (broad SMARTS) is 1. The summed E-state index contributed by atoms with van der Waals surface area (Å²) in [5.41, 5.74) is 0.217. The van der Waals surface area contributed by atoms with E-state index >= 15 is 0 Å². The molecule has 0 aromatic heterocycles. The Balaban J connectivity index is 1.72. The molecule has 0 spiro atoms. The minimum absolute atomic E-state index is 0.363. The van der Waals surface area contributed by atoms with Gasteiger partial charge in [-0.25, -0.2) is 0 Å². The highest BCUT2D eigenvalue weighted by atomic mass is 16.5. The minimum atomic E-state index is -0.902. The summed E-state index contributed by atoms with van der Waals surface area (Å²) in [6.45, 7) is 4.33. The Labute approximate surface area is 124 Å². The molecule has 2 aliphatic rings. The number of benzene rings is 1. The van der Waals surface area contributed by atoms with Gasteiger partial charge < -0.3 is 9.84 Å². The Kier molecular flexibility index (Phi) is 3.87. The van der Waals surface area contributed by atoms with Crippen molar-refractivity contribution < 1.29 is 14.6 Å². The van der Waals surface area contributed by atoms with Gasteiger partial charge in [0, 0.05) is 31.2 Å². The summed E-state index contributed by atoms with van der Waals surface area (Å²) in [6, 6.07) is 8.33. The summed E-state index contributed by atoms with van der Waals surface area (Å²) >= 11 is 0. The number of ether oxygens (including phenoxy) is 1. The SMILES string of the molecule is CC(CN1CCOc2ccccc2C1)(NC1CC1)C(=O)O. The lowest BCUT2D eigenvalue weighted by atomic mass is 10.0. The first-order chi connectivity index (χ1) is 10.1. The molecule has 1 heterocycles. The molecule has 0 bridgehead atoms. The number of fused-ring (bicyclic) bond motifs is 1. The molecule has 1 aliphatic heterocycles. The number of para-hydroxylation sites is 1. The molecule has 1 aliphatic carbocycles. The molecule has 1 aromatic rings. The molecular weight excluding hydrogens is 268 g/mol. The smallest absolute Gasteiger partial charge is 0.324 e. The van der Waals surface area contributed by atoms with Crippen LogP contribution in [0.15, 0.2) is 24.3 Å². The Morgan fingerprint density at radius 1 is 1.48 bits per heavy atom. The highest BCUT2D eigenvalue weighted by Crippen LogP contribution is 2.26. The van der Waals surface area contributed by atoms with Crippen LogP contribution in [0.2, 0.25) is 0 Å². The molecular formula is C16H22N2O3. The van der Waals surface area contributed by atoms with Crippen molar-refractivity contribution in [1.29, 1.82) is 0 Å². The van der Waals surface area contributed by atoms with Crippen molar-refractivity contribution >= 4 is 5.97 Å². The number of hydrogen-bond donors (Lipinski definition) is 2. The third-order valence-corrected chi connectivity index (χ3v) is 4.14.